The zero-order chi connectivity index (χ0) is 20.3. The van der Waals surface area contributed by atoms with E-state index in [0.717, 1.165) is 0 Å². The zero-order valence-corrected chi connectivity index (χ0v) is 14.0. The molecule has 0 heterocycles. The van der Waals surface area contributed by atoms with Gasteiger partial charge in [0.15, 0.2) is 12.8 Å². The van der Waals surface area contributed by atoms with E-state index in [1.54, 1.807) is 0 Å². The van der Waals surface area contributed by atoms with E-state index in [0.29, 0.717) is 0 Å². The van der Waals surface area contributed by atoms with Crippen LogP contribution in [0.1, 0.15) is 12.8 Å². The fourth-order valence-electron chi connectivity index (χ4n) is 1.33. The summed E-state index contributed by atoms with van der Waals surface area (Å²) in [4.78, 5) is 47.5. The smallest absolute Gasteiger partial charge is 0.410 e. The van der Waals surface area contributed by atoms with Gasteiger partial charge in [0.1, 0.15) is 19.8 Å². The third kappa shape index (κ3) is 14.2. The number of aliphatic imine (C=N–C) groups is 1. The Morgan fingerprint density at radius 3 is 2.22 bits per heavy atom. The standard InChI is InChI=1S/C14H16N4O9/c15-7-23-4-2-13(21)26-6-11(27-14(22)18-10-24-8-16)5-25-12(20)1-3-17-9-19/h11H,1-6,10H2,(H,18,22). The van der Waals surface area contributed by atoms with Crippen molar-refractivity contribution in [2.45, 2.75) is 18.9 Å². The quantitative estimate of drug-likeness (QED) is 0.0799. The summed E-state index contributed by atoms with van der Waals surface area (Å²) in [5.74, 6) is -1.47. The van der Waals surface area contributed by atoms with Crippen molar-refractivity contribution in [1.82, 2.24) is 5.32 Å². The van der Waals surface area contributed by atoms with Crippen LogP contribution in [0, 0.1) is 23.0 Å². The number of nitriles is 2. The van der Waals surface area contributed by atoms with Crippen molar-refractivity contribution >= 4 is 24.1 Å². The van der Waals surface area contributed by atoms with Crippen molar-refractivity contribution in [3.8, 4) is 12.5 Å². The number of hydrogen-bond acceptors (Lipinski definition) is 12. The second-order valence-electron chi connectivity index (χ2n) is 4.36. The van der Waals surface area contributed by atoms with E-state index in [1.807, 2.05) is 0 Å². The number of rotatable bonds is 13. The number of carbonyl (C=O) groups excluding carboxylic acids is 4. The Hall–Kier alpha value is -3.83. The molecule has 0 radical (unpaired) electrons. The molecule has 0 aliphatic heterocycles. The average molecular weight is 384 g/mol. The monoisotopic (exact) mass is 384 g/mol. The predicted octanol–water partition coefficient (Wildman–Crippen LogP) is -0.764. The second kappa shape index (κ2) is 15.7. The molecule has 0 aromatic heterocycles. The molecule has 13 nitrogen and oxygen atoms in total. The molecule has 27 heavy (non-hydrogen) atoms. The molecule has 1 N–H and O–H groups in total. The molecule has 0 aromatic rings. The van der Waals surface area contributed by atoms with Gasteiger partial charge in [0.2, 0.25) is 6.08 Å². The minimum atomic E-state index is -1.16. The van der Waals surface area contributed by atoms with Gasteiger partial charge in [0.05, 0.1) is 19.4 Å². The van der Waals surface area contributed by atoms with Crippen LogP contribution in [0.15, 0.2) is 4.99 Å². The van der Waals surface area contributed by atoms with E-state index in [1.165, 1.54) is 18.6 Å². The first-order valence-electron chi connectivity index (χ1n) is 7.34. The Morgan fingerprint density at radius 2 is 1.63 bits per heavy atom. The van der Waals surface area contributed by atoms with Crippen molar-refractivity contribution in [1.29, 1.82) is 10.5 Å². The highest BCUT2D eigenvalue weighted by Gasteiger charge is 2.19. The molecule has 1 amide bonds. The van der Waals surface area contributed by atoms with E-state index in [9.17, 15) is 19.2 Å². The van der Waals surface area contributed by atoms with Gasteiger partial charge in [-0.2, -0.15) is 10.5 Å². The average Bonchev–Trinajstić information content (AvgIpc) is 2.64. The molecule has 0 fully saturated rings. The highest BCUT2D eigenvalue weighted by atomic mass is 16.6. The van der Waals surface area contributed by atoms with Gasteiger partial charge in [-0.3, -0.25) is 14.9 Å². The molecule has 0 bridgehead atoms. The summed E-state index contributed by atoms with van der Waals surface area (Å²) in [6, 6.07) is 0. The number of amides is 1. The van der Waals surface area contributed by atoms with Gasteiger partial charge in [-0.15, -0.1) is 0 Å². The molecule has 0 aromatic carbocycles. The molecule has 13 heteroatoms. The van der Waals surface area contributed by atoms with Crippen LogP contribution >= 0.6 is 0 Å². The van der Waals surface area contributed by atoms with E-state index < -0.39 is 44.1 Å². The summed E-state index contributed by atoms with van der Waals surface area (Å²) in [5.41, 5.74) is 0. The fourth-order valence-corrected chi connectivity index (χ4v) is 1.33. The molecule has 0 saturated carbocycles. The van der Waals surface area contributed by atoms with E-state index in [2.05, 4.69) is 19.8 Å². The summed E-state index contributed by atoms with van der Waals surface area (Å²) in [7, 11) is 0. The lowest BCUT2D eigenvalue weighted by Gasteiger charge is -2.18. The zero-order valence-electron chi connectivity index (χ0n) is 14.0. The van der Waals surface area contributed by atoms with Crippen LogP contribution in [0.2, 0.25) is 0 Å². The summed E-state index contributed by atoms with van der Waals surface area (Å²) >= 11 is 0. The first kappa shape index (κ1) is 23.2. The van der Waals surface area contributed by atoms with Crippen molar-refractivity contribution in [2.24, 2.45) is 4.99 Å². The molecule has 0 spiro atoms. The maximum Gasteiger partial charge on any atom is 0.410 e. The Labute approximate surface area is 153 Å². The Bertz CT molecular complexity index is 619. The fraction of sp³-hybridized carbons (Fsp3) is 0.571. The van der Waals surface area contributed by atoms with Crippen molar-refractivity contribution < 1.29 is 42.9 Å². The van der Waals surface area contributed by atoms with Gasteiger partial charge in [0, 0.05) is 0 Å². The van der Waals surface area contributed by atoms with Crippen LogP contribution in [0.5, 0.6) is 0 Å². The lowest BCUT2D eigenvalue weighted by molar-refractivity contribution is -0.152. The van der Waals surface area contributed by atoms with Crippen molar-refractivity contribution in [3.05, 3.63) is 0 Å². The molecular formula is C14H16N4O9. The summed E-state index contributed by atoms with van der Waals surface area (Å²) in [6.07, 6.45) is 1.38. The maximum atomic E-state index is 11.5. The van der Waals surface area contributed by atoms with E-state index in [4.69, 9.17) is 24.7 Å². The lowest BCUT2D eigenvalue weighted by Crippen LogP contribution is -2.36. The lowest BCUT2D eigenvalue weighted by atomic mass is 10.4. The number of esters is 2. The minimum Gasteiger partial charge on any atom is -0.462 e. The predicted molar refractivity (Wildman–Crippen MR) is 80.7 cm³/mol. The first-order valence-corrected chi connectivity index (χ1v) is 7.34. The number of nitrogens with one attached hydrogen (secondary N) is 1. The van der Waals surface area contributed by atoms with Crippen LogP contribution < -0.4 is 5.32 Å². The molecule has 1 unspecified atom stereocenters. The summed E-state index contributed by atoms with van der Waals surface area (Å²) < 4.78 is 23.1. The first-order chi connectivity index (χ1) is 13.0. The van der Waals surface area contributed by atoms with Gasteiger partial charge < -0.3 is 23.7 Å². The minimum absolute atomic E-state index is 0.117. The maximum absolute atomic E-state index is 11.5. The van der Waals surface area contributed by atoms with Gasteiger partial charge in [-0.05, 0) is 0 Å². The highest BCUT2D eigenvalue weighted by molar-refractivity contribution is 5.70. The SMILES string of the molecule is N#COCCC(=O)OCC(COC(=O)CCN=C=O)OC(=O)NCOC#N. The summed E-state index contributed by atoms with van der Waals surface area (Å²) in [6.45, 7) is -1.64. The molecule has 0 aliphatic carbocycles. The number of ether oxygens (including phenoxy) is 5. The Kier molecular flexibility index (Phi) is 13.5. The molecule has 0 aliphatic rings. The molecule has 0 rings (SSSR count). The van der Waals surface area contributed by atoms with Gasteiger partial charge in [-0.1, -0.05) is 0 Å². The van der Waals surface area contributed by atoms with Crippen LogP contribution in [0.4, 0.5) is 4.79 Å². The molecule has 1 atom stereocenters. The van der Waals surface area contributed by atoms with Crippen LogP contribution in [-0.2, 0) is 38.1 Å². The van der Waals surface area contributed by atoms with Crippen molar-refractivity contribution in [2.75, 3.05) is 33.1 Å². The number of isocyanates is 1. The Balaban J connectivity index is 4.46. The third-order valence-corrected chi connectivity index (χ3v) is 2.45. The van der Waals surface area contributed by atoms with Gasteiger partial charge in [0.25, 0.3) is 12.5 Å². The third-order valence-electron chi connectivity index (χ3n) is 2.45. The normalized spacial score (nSPS) is 10.0. The molecule has 0 saturated heterocycles. The second-order valence-corrected chi connectivity index (χ2v) is 4.36. The number of nitrogens with zero attached hydrogens (tertiary/aromatic N) is 3. The molecule has 146 valence electrons. The van der Waals surface area contributed by atoms with Gasteiger partial charge >= 0.3 is 18.0 Å². The van der Waals surface area contributed by atoms with E-state index >= 15 is 0 Å². The number of hydrogen-bond donors (Lipinski definition) is 1. The van der Waals surface area contributed by atoms with Crippen LogP contribution in [0.25, 0.3) is 0 Å². The van der Waals surface area contributed by atoms with Gasteiger partial charge in [-0.25, -0.2) is 14.6 Å². The van der Waals surface area contributed by atoms with Crippen LogP contribution in [-0.4, -0.2) is 63.3 Å². The molecular weight excluding hydrogens is 368 g/mol. The number of alkyl carbamates (subject to hydrolysis) is 1. The largest absolute Gasteiger partial charge is 0.462 e. The summed E-state index contributed by atoms with van der Waals surface area (Å²) in [5, 5.41) is 18.4. The van der Waals surface area contributed by atoms with Crippen molar-refractivity contribution in [3.63, 3.8) is 0 Å². The number of carbonyl (C=O) groups is 3. The van der Waals surface area contributed by atoms with Crippen LogP contribution in [0.3, 0.4) is 0 Å². The Morgan fingerprint density at radius 1 is 1.00 bits per heavy atom. The van der Waals surface area contributed by atoms with E-state index in [-0.39, 0.29) is 26.0 Å². The highest BCUT2D eigenvalue weighted by Crippen LogP contribution is 2.00. The topological polar surface area (TPSA) is 186 Å².